The summed E-state index contributed by atoms with van der Waals surface area (Å²) >= 11 is 0. The van der Waals surface area contributed by atoms with Gasteiger partial charge in [-0.05, 0) is 32.1 Å². The second kappa shape index (κ2) is 5.70. The summed E-state index contributed by atoms with van der Waals surface area (Å²) in [5, 5.41) is 0. The zero-order valence-electron chi connectivity index (χ0n) is 12.2. The van der Waals surface area contributed by atoms with Gasteiger partial charge in [-0.15, -0.1) is 0 Å². The molecule has 1 saturated heterocycles. The molecule has 1 aliphatic heterocycles. The topological polar surface area (TPSA) is 29.5 Å². The quantitative estimate of drug-likeness (QED) is 0.756. The van der Waals surface area contributed by atoms with Crippen LogP contribution in [-0.2, 0) is 9.53 Å². The van der Waals surface area contributed by atoms with Crippen molar-refractivity contribution < 1.29 is 9.53 Å². The van der Waals surface area contributed by atoms with E-state index in [9.17, 15) is 4.79 Å². The van der Waals surface area contributed by atoms with Gasteiger partial charge in [-0.2, -0.15) is 0 Å². The zero-order chi connectivity index (χ0) is 13.3. The normalized spacial score (nSPS) is 43.1. The molecule has 0 aromatic rings. The molecule has 104 valence electrons. The van der Waals surface area contributed by atoms with E-state index < -0.39 is 0 Å². The SMILES string of the molecule is CC1CC(=O)C(CN2CC(C)OCC2C)C(C)C1. The lowest BCUT2D eigenvalue weighted by Gasteiger charge is -2.41. The van der Waals surface area contributed by atoms with Crippen LogP contribution < -0.4 is 0 Å². The first kappa shape index (κ1) is 14.0. The van der Waals surface area contributed by atoms with Crippen LogP contribution in [0.5, 0.6) is 0 Å². The summed E-state index contributed by atoms with van der Waals surface area (Å²) in [5.74, 6) is 1.83. The van der Waals surface area contributed by atoms with Crippen molar-refractivity contribution in [2.45, 2.75) is 52.7 Å². The van der Waals surface area contributed by atoms with Crippen molar-refractivity contribution in [3.8, 4) is 0 Å². The number of morpholine rings is 1. The highest BCUT2D eigenvalue weighted by Crippen LogP contribution is 2.32. The molecular formula is C15H27NO2. The predicted molar refractivity (Wildman–Crippen MR) is 72.5 cm³/mol. The van der Waals surface area contributed by atoms with Gasteiger partial charge in [0.2, 0.25) is 0 Å². The molecule has 1 heterocycles. The van der Waals surface area contributed by atoms with Gasteiger partial charge in [-0.25, -0.2) is 0 Å². The monoisotopic (exact) mass is 253 g/mol. The number of Topliss-reactive ketones (excluding diaryl/α,β-unsaturated/α-hetero) is 1. The Kier molecular flexibility index (Phi) is 4.44. The van der Waals surface area contributed by atoms with Gasteiger partial charge >= 0.3 is 0 Å². The number of ketones is 1. The fourth-order valence-corrected chi connectivity index (χ4v) is 3.46. The van der Waals surface area contributed by atoms with E-state index in [0.29, 0.717) is 29.8 Å². The van der Waals surface area contributed by atoms with Crippen LogP contribution >= 0.6 is 0 Å². The summed E-state index contributed by atoms with van der Waals surface area (Å²) in [6.45, 7) is 11.5. The summed E-state index contributed by atoms with van der Waals surface area (Å²) < 4.78 is 5.65. The Bertz CT molecular complexity index is 305. The van der Waals surface area contributed by atoms with E-state index in [4.69, 9.17) is 4.74 Å². The van der Waals surface area contributed by atoms with Crippen molar-refractivity contribution in [1.82, 2.24) is 4.90 Å². The number of hydrogen-bond acceptors (Lipinski definition) is 3. The van der Waals surface area contributed by atoms with Crippen LogP contribution in [0.1, 0.15) is 40.5 Å². The standard InChI is InChI=1S/C15H27NO2/c1-10-5-11(2)14(15(17)6-10)8-16-7-13(4)18-9-12(16)3/h10-14H,5-9H2,1-4H3. The van der Waals surface area contributed by atoms with E-state index in [0.717, 1.165) is 26.1 Å². The molecule has 2 rings (SSSR count). The smallest absolute Gasteiger partial charge is 0.137 e. The van der Waals surface area contributed by atoms with E-state index in [-0.39, 0.29) is 5.92 Å². The molecule has 0 bridgehead atoms. The largest absolute Gasteiger partial charge is 0.376 e. The lowest BCUT2D eigenvalue weighted by Crippen LogP contribution is -2.51. The number of nitrogens with zero attached hydrogens (tertiary/aromatic N) is 1. The Morgan fingerprint density at radius 1 is 1.28 bits per heavy atom. The van der Waals surface area contributed by atoms with Gasteiger partial charge in [0, 0.05) is 31.5 Å². The third-order valence-corrected chi connectivity index (χ3v) is 4.59. The molecule has 0 N–H and O–H groups in total. The summed E-state index contributed by atoms with van der Waals surface area (Å²) in [4.78, 5) is 14.7. The number of rotatable bonds is 2. The molecule has 5 unspecified atom stereocenters. The highest BCUT2D eigenvalue weighted by molar-refractivity contribution is 5.82. The average Bonchev–Trinajstić information content (AvgIpc) is 2.28. The zero-order valence-corrected chi connectivity index (χ0v) is 12.2. The molecular weight excluding hydrogens is 226 g/mol. The van der Waals surface area contributed by atoms with Gasteiger partial charge in [0.05, 0.1) is 12.7 Å². The van der Waals surface area contributed by atoms with Gasteiger partial charge in [0.25, 0.3) is 0 Å². The first-order valence-electron chi connectivity index (χ1n) is 7.35. The Labute approximate surface area is 111 Å². The summed E-state index contributed by atoms with van der Waals surface area (Å²) in [6.07, 6.45) is 2.28. The van der Waals surface area contributed by atoms with E-state index in [1.807, 2.05) is 0 Å². The summed E-state index contributed by atoms with van der Waals surface area (Å²) in [6, 6.07) is 0.445. The summed E-state index contributed by atoms with van der Waals surface area (Å²) in [5.41, 5.74) is 0. The van der Waals surface area contributed by atoms with Crippen molar-refractivity contribution in [2.24, 2.45) is 17.8 Å². The van der Waals surface area contributed by atoms with Crippen molar-refractivity contribution in [3.63, 3.8) is 0 Å². The molecule has 0 aromatic carbocycles. The van der Waals surface area contributed by atoms with Crippen LogP contribution in [0, 0.1) is 17.8 Å². The molecule has 3 nitrogen and oxygen atoms in total. The first-order chi connectivity index (χ1) is 8.47. The first-order valence-corrected chi connectivity index (χ1v) is 7.35. The van der Waals surface area contributed by atoms with Gasteiger partial charge in [-0.1, -0.05) is 13.8 Å². The van der Waals surface area contributed by atoms with E-state index >= 15 is 0 Å². The molecule has 0 aromatic heterocycles. The van der Waals surface area contributed by atoms with Crippen LogP contribution in [0.15, 0.2) is 0 Å². The molecule has 2 aliphatic rings. The highest BCUT2D eigenvalue weighted by Gasteiger charge is 2.35. The second-order valence-electron chi connectivity index (χ2n) is 6.54. The number of hydrogen-bond donors (Lipinski definition) is 0. The maximum absolute atomic E-state index is 12.2. The molecule has 1 saturated carbocycles. The number of ether oxygens (including phenoxy) is 1. The van der Waals surface area contributed by atoms with Crippen molar-refractivity contribution >= 4 is 5.78 Å². The molecule has 5 atom stereocenters. The average molecular weight is 253 g/mol. The van der Waals surface area contributed by atoms with E-state index in [2.05, 4.69) is 32.6 Å². The molecule has 3 heteroatoms. The van der Waals surface area contributed by atoms with E-state index in [1.54, 1.807) is 0 Å². The Morgan fingerprint density at radius 2 is 2.00 bits per heavy atom. The Morgan fingerprint density at radius 3 is 2.67 bits per heavy atom. The number of carbonyl (C=O) groups excluding carboxylic acids is 1. The third kappa shape index (κ3) is 3.12. The Balaban J connectivity index is 1.97. The van der Waals surface area contributed by atoms with Gasteiger partial charge in [0.15, 0.2) is 0 Å². The number of carbonyl (C=O) groups is 1. The van der Waals surface area contributed by atoms with Gasteiger partial charge in [0.1, 0.15) is 5.78 Å². The fourth-order valence-electron chi connectivity index (χ4n) is 3.46. The van der Waals surface area contributed by atoms with E-state index in [1.165, 1.54) is 6.42 Å². The van der Waals surface area contributed by atoms with Gasteiger partial charge < -0.3 is 4.74 Å². The van der Waals surface area contributed by atoms with Crippen molar-refractivity contribution in [2.75, 3.05) is 19.7 Å². The molecule has 0 spiro atoms. The maximum Gasteiger partial charge on any atom is 0.137 e. The molecule has 0 radical (unpaired) electrons. The minimum absolute atomic E-state index is 0.244. The third-order valence-electron chi connectivity index (χ3n) is 4.59. The predicted octanol–water partition coefficient (Wildman–Crippen LogP) is 2.35. The van der Waals surface area contributed by atoms with Crippen molar-refractivity contribution in [3.05, 3.63) is 0 Å². The van der Waals surface area contributed by atoms with Crippen LogP contribution in [0.25, 0.3) is 0 Å². The fraction of sp³-hybridized carbons (Fsp3) is 0.933. The lowest BCUT2D eigenvalue weighted by atomic mass is 9.74. The molecule has 18 heavy (non-hydrogen) atoms. The van der Waals surface area contributed by atoms with Crippen LogP contribution in [0.4, 0.5) is 0 Å². The maximum atomic E-state index is 12.2. The Hall–Kier alpha value is -0.410. The minimum Gasteiger partial charge on any atom is -0.376 e. The lowest BCUT2D eigenvalue weighted by molar-refractivity contribution is -0.130. The molecule has 1 aliphatic carbocycles. The van der Waals surface area contributed by atoms with Crippen LogP contribution in [-0.4, -0.2) is 42.5 Å². The highest BCUT2D eigenvalue weighted by atomic mass is 16.5. The molecule has 0 amide bonds. The van der Waals surface area contributed by atoms with Crippen LogP contribution in [0.2, 0.25) is 0 Å². The molecule has 2 fully saturated rings. The second-order valence-corrected chi connectivity index (χ2v) is 6.54. The summed E-state index contributed by atoms with van der Waals surface area (Å²) in [7, 11) is 0. The minimum atomic E-state index is 0.244. The van der Waals surface area contributed by atoms with Gasteiger partial charge in [-0.3, -0.25) is 9.69 Å². The van der Waals surface area contributed by atoms with Crippen LogP contribution in [0.3, 0.4) is 0 Å². The van der Waals surface area contributed by atoms with Crippen molar-refractivity contribution in [1.29, 1.82) is 0 Å².